The van der Waals surface area contributed by atoms with Crippen molar-refractivity contribution < 1.29 is 27.8 Å². The van der Waals surface area contributed by atoms with Crippen LogP contribution in [-0.2, 0) is 11.2 Å². The Morgan fingerprint density at radius 2 is 1.72 bits per heavy atom. The number of halogens is 4. The minimum absolute atomic E-state index is 0.0957. The molecule has 2 aromatic rings. The Morgan fingerprint density at radius 3 is 2.36 bits per heavy atom. The Labute approximate surface area is 214 Å². The number of aliphatic carboxylic acids is 1. The van der Waals surface area contributed by atoms with Crippen molar-refractivity contribution in [1.29, 1.82) is 0 Å². The number of carboxylic acid groups (broad SMARTS) is 1. The Balaban J connectivity index is 1.22. The van der Waals surface area contributed by atoms with E-state index in [2.05, 4.69) is 17.0 Å². The van der Waals surface area contributed by atoms with Crippen LogP contribution >= 0.6 is 11.6 Å². The molecule has 0 aromatic heterocycles. The van der Waals surface area contributed by atoms with Crippen LogP contribution in [0.4, 0.5) is 13.2 Å². The van der Waals surface area contributed by atoms with Crippen molar-refractivity contribution in [3.05, 3.63) is 40.9 Å². The van der Waals surface area contributed by atoms with E-state index in [4.69, 9.17) is 16.3 Å². The highest BCUT2D eigenvalue weighted by Crippen LogP contribution is 2.41. The van der Waals surface area contributed by atoms with Crippen molar-refractivity contribution in [1.82, 2.24) is 4.90 Å². The number of fused-ring (bicyclic) bond motifs is 3. The van der Waals surface area contributed by atoms with Gasteiger partial charge in [-0.3, -0.25) is 9.69 Å². The van der Waals surface area contributed by atoms with Gasteiger partial charge in [0, 0.05) is 24.0 Å². The van der Waals surface area contributed by atoms with Crippen molar-refractivity contribution in [2.75, 3.05) is 6.54 Å². The van der Waals surface area contributed by atoms with Gasteiger partial charge in [0.1, 0.15) is 5.75 Å². The van der Waals surface area contributed by atoms with E-state index in [1.54, 1.807) is 0 Å². The van der Waals surface area contributed by atoms with Gasteiger partial charge in [-0.2, -0.15) is 13.2 Å². The van der Waals surface area contributed by atoms with Gasteiger partial charge in [-0.25, -0.2) is 0 Å². The number of alkyl halides is 3. The van der Waals surface area contributed by atoms with Crippen LogP contribution in [0, 0.1) is 11.8 Å². The maximum atomic E-state index is 12.9. The summed E-state index contributed by atoms with van der Waals surface area (Å²) in [5.74, 6) is -1.57. The number of rotatable bonds is 6. The first-order valence-corrected chi connectivity index (χ1v) is 13.5. The molecule has 2 aromatic carbocycles. The lowest BCUT2D eigenvalue weighted by Gasteiger charge is -2.48. The van der Waals surface area contributed by atoms with Crippen LogP contribution in [0.2, 0.25) is 5.02 Å². The van der Waals surface area contributed by atoms with Crippen LogP contribution in [0.25, 0.3) is 10.8 Å². The quantitative estimate of drug-likeness (QED) is 0.433. The number of hydrogen-bond donors (Lipinski definition) is 1. The molecule has 1 N–H and O–H groups in total. The van der Waals surface area contributed by atoms with Gasteiger partial charge in [-0.05, 0) is 74.8 Å². The maximum Gasteiger partial charge on any atom is 0.391 e. The summed E-state index contributed by atoms with van der Waals surface area (Å²) in [6.07, 6.45) is 2.30. The molecule has 4 nitrogen and oxygen atoms in total. The highest BCUT2D eigenvalue weighted by Gasteiger charge is 2.42. The topological polar surface area (TPSA) is 49.8 Å². The predicted octanol–water partition coefficient (Wildman–Crippen LogP) is 7.25. The molecule has 2 bridgehead atoms. The minimum atomic E-state index is -4.13. The highest BCUT2D eigenvalue weighted by atomic mass is 35.5. The molecule has 196 valence electrons. The third-order valence-corrected chi connectivity index (χ3v) is 8.94. The fraction of sp³-hybridized carbons (Fsp3) is 0.607. The molecule has 36 heavy (non-hydrogen) atoms. The maximum absolute atomic E-state index is 12.9. The number of carbonyl (C=O) groups is 1. The summed E-state index contributed by atoms with van der Waals surface area (Å²) in [6.45, 7) is 0.919. The van der Waals surface area contributed by atoms with Gasteiger partial charge in [0.25, 0.3) is 0 Å². The van der Waals surface area contributed by atoms with E-state index in [1.807, 2.05) is 18.2 Å². The molecule has 0 amide bonds. The fourth-order valence-electron chi connectivity index (χ4n) is 6.56. The van der Waals surface area contributed by atoms with E-state index >= 15 is 0 Å². The lowest BCUT2D eigenvalue weighted by Crippen LogP contribution is -2.53. The van der Waals surface area contributed by atoms with Crippen LogP contribution in [0.3, 0.4) is 0 Å². The fourth-order valence-corrected chi connectivity index (χ4v) is 6.84. The van der Waals surface area contributed by atoms with Gasteiger partial charge in [-0.15, -0.1) is 0 Å². The van der Waals surface area contributed by atoms with Gasteiger partial charge < -0.3 is 9.84 Å². The van der Waals surface area contributed by atoms with E-state index in [9.17, 15) is 23.1 Å². The Kier molecular flexibility index (Phi) is 7.42. The summed E-state index contributed by atoms with van der Waals surface area (Å²) in [5, 5.41) is 11.9. The Morgan fingerprint density at radius 1 is 1.03 bits per heavy atom. The van der Waals surface area contributed by atoms with Gasteiger partial charge >= 0.3 is 12.1 Å². The summed E-state index contributed by atoms with van der Waals surface area (Å²) >= 11 is 6.66. The van der Waals surface area contributed by atoms with E-state index in [-0.39, 0.29) is 24.9 Å². The van der Waals surface area contributed by atoms with Crippen LogP contribution in [-0.4, -0.2) is 46.9 Å². The van der Waals surface area contributed by atoms with Crippen LogP contribution in [0.5, 0.6) is 5.75 Å². The molecule has 0 radical (unpaired) electrons. The molecule has 0 spiro atoms. The minimum Gasteiger partial charge on any atom is -0.489 e. The van der Waals surface area contributed by atoms with Crippen molar-refractivity contribution in [2.24, 2.45) is 11.8 Å². The zero-order valence-electron chi connectivity index (χ0n) is 20.3. The van der Waals surface area contributed by atoms with Crippen molar-refractivity contribution in [2.45, 2.75) is 88.6 Å². The lowest BCUT2D eigenvalue weighted by molar-refractivity contribution is -0.185. The number of benzene rings is 2. The number of ether oxygens (including phenoxy) is 1. The van der Waals surface area contributed by atoms with E-state index in [1.165, 1.54) is 12.0 Å². The molecule has 2 aliphatic heterocycles. The van der Waals surface area contributed by atoms with Gasteiger partial charge in [0.2, 0.25) is 0 Å². The van der Waals surface area contributed by atoms with Crippen molar-refractivity contribution in [3.8, 4) is 5.75 Å². The summed E-state index contributed by atoms with van der Waals surface area (Å²) in [7, 11) is 0. The first kappa shape index (κ1) is 25.7. The zero-order valence-corrected chi connectivity index (χ0v) is 21.0. The van der Waals surface area contributed by atoms with Gasteiger partial charge in [0.05, 0.1) is 23.0 Å². The SMILES string of the molecule is O=C(O)C1CC2CCC[C@H](C1)N2CCc1ccc2c(Cl)c(OC3CCC(C(F)(F)F)CC3)ccc2c1. The second-order valence-corrected chi connectivity index (χ2v) is 11.2. The molecule has 2 heterocycles. The Bertz CT molecular complexity index is 1090. The molecular weight excluding hydrogens is 491 g/mol. The molecule has 1 aliphatic carbocycles. The molecule has 1 saturated carbocycles. The number of carboxylic acids is 1. The second kappa shape index (κ2) is 10.4. The summed E-state index contributed by atoms with van der Waals surface area (Å²) in [6, 6.07) is 10.7. The second-order valence-electron chi connectivity index (χ2n) is 10.8. The summed E-state index contributed by atoms with van der Waals surface area (Å²) in [4.78, 5) is 14.1. The van der Waals surface area contributed by atoms with E-state index in [0.29, 0.717) is 35.7 Å². The Hall–Kier alpha value is -1.99. The molecule has 2 saturated heterocycles. The average molecular weight is 524 g/mol. The smallest absolute Gasteiger partial charge is 0.391 e. The third kappa shape index (κ3) is 5.47. The first-order valence-electron chi connectivity index (χ1n) is 13.1. The third-order valence-electron chi connectivity index (χ3n) is 8.55. The van der Waals surface area contributed by atoms with Crippen LogP contribution in [0.1, 0.15) is 63.4 Å². The predicted molar refractivity (Wildman–Crippen MR) is 134 cm³/mol. The summed E-state index contributed by atoms with van der Waals surface area (Å²) in [5.41, 5.74) is 1.20. The van der Waals surface area contributed by atoms with E-state index in [0.717, 1.165) is 49.4 Å². The average Bonchev–Trinajstić information content (AvgIpc) is 2.83. The highest BCUT2D eigenvalue weighted by molar-refractivity contribution is 6.37. The molecule has 3 atom stereocenters. The van der Waals surface area contributed by atoms with Gasteiger partial charge in [0.15, 0.2) is 0 Å². The number of nitrogens with zero attached hydrogens (tertiary/aromatic N) is 1. The molecule has 3 fully saturated rings. The lowest BCUT2D eigenvalue weighted by atomic mass is 9.78. The molecular formula is C28H33ClF3NO3. The first-order chi connectivity index (χ1) is 17.2. The molecule has 3 aliphatic rings. The monoisotopic (exact) mass is 523 g/mol. The number of piperidine rings is 2. The molecule has 2 unspecified atom stereocenters. The largest absolute Gasteiger partial charge is 0.489 e. The number of hydrogen-bond acceptors (Lipinski definition) is 3. The van der Waals surface area contributed by atoms with Crippen molar-refractivity contribution >= 4 is 28.3 Å². The zero-order chi connectivity index (χ0) is 25.4. The molecule has 8 heteroatoms. The normalized spacial score (nSPS) is 29.3. The van der Waals surface area contributed by atoms with E-state index < -0.39 is 18.1 Å². The van der Waals surface area contributed by atoms with Gasteiger partial charge in [-0.1, -0.05) is 42.3 Å². The summed E-state index contributed by atoms with van der Waals surface area (Å²) < 4.78 is 44.9. The van der Waals surface area contributed by atoms with Crippen LogP contribution < -0.4 is 4.74 Å². The molecule has 5 rings (SSSR count). The standard InChI is InChI=1S/C28H33ClF3NO3/c29-26-24-10-4-17(12-13-33-21-2-1-3-22(33)16-19(15-21)27(34)35)14-18(24)5-11-25(26)36-23-8-6-20(7-9-23)28(30,31)32/h4-5,10-11,14,19-23H,1-3,6-9,12-13,15-16H2,(H,34,35)/t19?,20?,21-,22?,23?/m1/s1. The van der Waals surface area contributed by atoms with Crippen LogP contribution in [0.15, 0.2) is 30.3 Å². The van der Waals surface area contributed by atoms with Crippen molar-refractivity contribution in [3.63, 3.8) is 0 Å².